The lowest BCUT2D eigenvalue weighted by Gasteiger charge is -2.22. The Morgan fingerprint density at radius 1 is 1.17 bits per heavy atom. The fourth-order valence-electron chi connectivity index (χ4n) is 3.45. The van der Waals surface area contributed by atoms with E-state index in [4.69, 9.17) is 4.42 Å². The fourth-order valence-corrected chi connectivity index (χ4v) is 3.45. The van der Waals surface area contributed by atoms with Crippen LogP contribution >= 0.6 is 24.0 Å². The van der Waals surface area contributed by atoms with Crippen LogP contribution in [0.4, 0.5) is 0 Å². The van der Waals surface area contributed by atoms with E-state index in [0.717, 1.165) is 24.1 Å². The molecule has 1 heterocycles. The van der Waals surface area contributed by atoms with Crippen LogP contribution in [0.1, 0.15) is 49.8 Å². The SMILES string of the molecule is CN=C(NCCC(=O)NC1CCCCC1)NCc1coc(-c2ccc(C)cc2)n1.I. The number of benzene rings is 1. The molecule has 0 atom stereocenters. The zero-order valence-corrected chi connectivity index (χ0v) is 20.1. The molecule has 1 aromatic carbocycles. The Morgan fingerprint density at radius 2 is 1.90 bits per heavy atom. The van der Waals surface area contributed by atoms with Crippen molar-refractivity contribution < 1.29 is 9.21 Å². The van der Waals surface area contributed by atoms with Crippen molar-refractivity contribution in [2.75, 3.05) is 13.6 Å². The van der Waals surface area contributed by atoms with E-state index in [2.05, 4.69) is 25.9 Å². The maximum Gasteiger partial charge on any atom is 0.226 e. The van der Waals surface area contributed by atoms with Crippen molar-refractivity contribution in [3.05, 3.63) is 41.8 Å². The number of halogens is 1. The highest BCUT2D eigenvalue weighted by Gasteiger charge is 2.15. The average Bonchev–Trinajstić information content (AvgIpc) is 3.21. The van der Waals surface area contributed by atoms with Crippen LogP contribution in [0.15, 0.2) is 39.9 Å². The van der Waals surface area contributed by atoms with E-state index in [-0.39, 0.29) is 29.9 Å². The number of oxazole rings is 1. The molecule has 1 aromatic heterocycles. The monoisotopic (exact) mass is 525 g/mol. The zero-order valence-electron chi connectivity index (χ0n) is 17.7. The van der Waals surface area contributed by atoms with Gasteiger partial charge in [-0.1, -0.05) is 37.0 Å². The van der Waals surface area contributed by atoms with Gasteiger partial charge in [-0.25, -0.2) is 4.98 Å². The third kappa shape index (κ3) is 7.62. The second kappa shape index (κ2) is 12.6. The molecule has 0 bridgehead atoms. The molecular weight excluding hydrogens is 493 g/mol. The summed E-state index contributed by atoms with van der Waals surface area (Å²) >= 11 is 0. The van der Waals surface area contributed by atoms with Gasteiger partial charge in [0.2, 0.25) is 11.8 Å². The van der Waals surface area contributed by atoms with Crippen molar-refractivity contribution in [1.29, 1.82) is 0 Å². The molecule has 1 aliphatic rings. The van der Waals surface area contributed by atoms with Crippen molar-refractivity contribution in [2.45, 2.75) is 58.0 Å². The summed E-state index contributed by atoms with van der Waals surface area (Å²) in [6.07, 6.45) is 8.00. The van der Waals surface area contributed by atoms with Crippen LogP contribution < -0.4 is 16.0 Å². The largest absolute Gasteiger partial charge is 0.444 e. The van der Waals surface area contributed by atoms with Gasteiger partial charge in [0.15, 0.2) is 5.96 Å². The first-order valence-electron chi connectivity index (χ1n) is 10.4. The van der Waals surface area contributed by atoms with Crippen LogP contribution in [0.3, 0.4) is 0 Å². The van der Waals surface area contributed by atoms with E-state index in [0.29, 0.717) is 37.4 Å². The fraction of sp³-hybridized carbons (Fsp3) is 0.500. The predicted molar refractivity (Wildman–Crippen MR) is 130 cm³/mol. The standard InChI is InChI=1S/C22H31N5O2.HI/c1-16-8-10-17(11-9-16)21-27-19(15-29-21)14-25-22(23-2)24-13-12-20(28)26-18-6-4-3-5-7-18;/h8-11,15,18H,3-7,12-14H2,1-2H3,(H,26,28)(H2,23,24,25);1H. The summed E-state index contributed by atoms with van der Waals surface area (Å²) in [6, 6.07) is 8.42. The first-order chi connectivity index (χ1) is 14.1. The highest BCUT2D eigenvalue weighted by molar-refractivity contribution is 14.0. The lowest BCUT2D eigenvalue weighted by molar-refractivity contribution is -0.121. The summed E-state index contributed by atoms with van der Waals surface area (Å²) in [5.41, 5.74) is 2.94. The van der Waals surface area contributed by atoms with Gasteiger partial charge in [0.05, 0.1) is 12.2 Å². The van der Waals surface area contributed by atoms with Gasteiger partial charge in [0, 0.05) is 31.6 Å². The van der Waals surface area contributed by atoms with E-state index >= 15 is 0 Å². The molecule has 1 amide bonds. The van der Waals surface area contributed by atoms with Crippen molar-refractivity contribution >= 4 is 35.8 Å². The van der Waals surface area contributed by atoms with E-state index in [1.54, 1.807) is 13.3 Å². The number of nitrogens with one attached hydrogen (secondary N) is 3. The quantitative estimate of drug-likeness (QED) is 0.291. The number of hydrogen-bond donors (Lipinski definition) is 3. The van der Waals surface area contributed by atoms with Gasteiger partial charge in [0.1, 0.15) is 6.26 Å². The van der Waals surface area contributed by atoms with Crippen LogP contribution in [0.2, 0.25) is 0 Å². The molecule has 2 aromatic rings. The lowest BCUT2D eigenvalue weighted by Crippen LogP contribution is -2.41. The Hall–Kier alpha value is -2.10. The highest BCUT2D eigenvalue weighted by Crippen LogP contribution is 2.19. The second-order valence-corrected chi connectivity index (χ2v) is 7.52. The number of carbonyl (C=O) groups excluding carboxylic acids is 1. The van der Waals surface area contributed by atoms with Gasteiger partial charge >= 0.3 is 0 Å². The molecule has 0 aliphatic heterocycles. The van der Waals surface area contributed by atoms with E-state index in [1.165, 1.54) is 24.8 Å². The summed E-state index contributed by atoms with van der Waals surface area (Å²) in [5, 5.41) is 9.50. The number of aliphatic imine (C=N–C) groups is 1. The molecule has 0 spiro atoms. The summed E-state index contributed by atoms with van der Waals surface area (Å²) < 4.78 is 5.58. The molecule has 8 heteroatoms. The molecule has 30 heavy (non-hydrogen) atoms. The van der Waals surface area contributed by atoms with Crippen molar-refractivity contribution in [3.63, 3.8) is 0 Å². The molecule has 1 saturated carbocycles. The minimum absolute atomic E-state index is 0. The minimum Gasteiger partial charge on any atom is -0.444 e. The van der Waals surface area contributed by atoms with Gasteiger partial charge < -0.3 is 20.4 Å². The molecule has 0 unspecified atom stereocenters. The van der Waals surface area contributed by atoms with Gasteiger partial charge in [-0.2, -0.15) is 0 Å². The third-order valence-electron chi connectivity index (χ3n) is 5.13. The Morgan fingerprint density at radius 3 is 2.60 bits per heavy atom. The molecule has 1 fully saturated rings. The van der Waals surface area contributed by atoms with Crippen LogP contribution in [-0.4, -0.2) is 36.5 Å². The summed E-state index contributed by atoms with van der Waals surface area (Å²) in [7, 11) is 1.71. The van der Waals surface area contributed by atoms with Crippen molar-refractivity contribution in [2.24, 2.45) is 4.99 Å². The van der Waals surface area contributed by atoms with Crippen LogP contribution in [0.25, 0.3) is 11.5 Å². The first kappa shape index (κ1) is 24.2. The Labute approximate surface area is 195 Å². The Balaban J connectivity index is 0.00000320. The highest BCUT2D eigenvalue weighted by atomic mass is 127. The molecule has 3 rings (SSSR count). The van der Waals surface area contributed by atoms with Gasteiger partial charge in [0.25, 0.3) is 0 Å². The second-order valence-electron chi connectivity index (χ2n) is 7.52. The van der Waals surface area contributed by atoms with E-state index in [1.807, 2.05) is 31.2 Å². The molecule has 164 valence electrons. The maximum absolute atomic E-state index is 12.1. The number of nitrogens with zero attached hydrogens (tertiary/aromatic N) is 2. The van der Waals surface area contributed by atoms with E-state index in [9.17, 15) is 4.79 Å². The van der Waals surface area contributed by atoms with Crippen LogP contribution in [0, 0.1) is 6.92 Å². The molecule has 1 aliphatic carbocycles. The summed E-state index contributed by atoms with van der Waals surface area (Å²) in [6.45, 7) is 3.07. The molecule has 7 nitrogen and oxygen atoms in total. The predicted octanol–water partition coefficient (Wildman–Crippen LogP) is 3.77. The van der Waals surface area contributed by atoms with E-state index < -0.39 is 0 Å². The van der Waals surface area contributed by atoms with Crippen molar-refractivity contribution in [3.8, 4) is 11.5 Å². The Bertz CT molecular complexity index is 813. The number of aromatic nitrogens is 1. The first-order valence-corrected chi connectivity index (χ1v) is 10.4. The Kier molecular flexibility index (Phi) is 10.1. The van der Waals surface area contributed by atoms with Gasteiger partial charge in [-0.05, 0) is 31.9 Å². The molecular formula is C22H32IN5O2. The topological polar surface area (TPSA) is 91.5 Å². The number of guanidine groups is 1. The number of aryl methyl sites for hydroxylation is 1. The minimum atomic E-state index is 0. The summed E-state index contributed by atoms with van der Waals surface area (Å²) in [5.74, 6) is 1.33. The van der Waals surface area contributed by atoms with Crippen molar-refractivity contribution in [1.82, 2.24) is 20.9 Å². The zero-order chi connectivity index (χ0) is 20.5. The molecule has 0 saturated heterocycles. The number of amides is 1. The van der Waals surface area contributed by atoms with Crippen LogP contribution in [-0.2, 0) is 11.3 Å². The number of rotatable bonds is 7. The summed E-state index contributed by atoms with van der Waals surface area (Å²) in [4.78, 5) is 20.8. The smallest absolute Gasteiger partial charge is 0.226 e. The third-order valence-corrected chi connectivity index (χ3v) is 5.13. The maximum atomic E-state index is 12.1. The number of carbonyl (C=O) groups is 1. The number of hydrogen-bond acceptors (Lipinski definition) is 4. The normalized spacial score (nSPS) is 14.7. The lowest BCUT2D eigenvalue weighted by atomic mass is 9.95. The average molecular weight is 525 g/mol. The molecule has 3 N–H and O–H groups in total. The van der Waals surface area contributed by atoms with Crippen LogP contribution in [0.5, 0.6) is 0 Å². The van der Waals surface area contributed by atoms with Gasteiger partial charge in [-0.3, -0.25) is 9.79 Å². The molecule has 0 radical (unpaired) electrons. The van der Waals surface area contributed by atoms with Gasteiger partial charge in [-0.15, -0.1) is 24.0 Å².